The number of benzene rings is 1. The molecule has 0 radical (unpaired) electrons. The average Bonchev–Trinajstić information content (AvgIpc) is 2.88. The van der Waals surface area contributed by atoms with Crippen molar-refractivity contribution in [3.8, 4) is 0 Å². The van der Waals surface area contributed by atoms with Crippen molar-refractivity contribution in [1.29, 1.82) is 0 Å². The van der Waals surface area contributed by atoms with E-state index in [4.69, 9.17) is 4.74 Å². The van der Waals surface area contributed by atoms with Gasteiger partial charge in [0.25, 0.3) is 5.91 Å². The number of carbonyl (C=O) groups is 2. The van der Waals surface area contributed by atoms with E-state index in [-0.39, 0.29) is 11.4 Å². The highest BCUT2D eigenvalue weighted by Gasteiger charge is 2.42. The number of halogens is 1. The van der Waals surface area contributed by atoms with Crippen LogP contribution in [0.5, 0.6) is 0 Å². The Morgan fingerprint density at radius 2 is 1.88 bits per heavy atom. The van der Waals surface area contributed by atoms with Crippen LogP contribution in [0.3, 0.4) is 0 Å². The third kappa shape index (κ3) is 3.78. The Bertz CT molecular complexity index is 711. The van der Waals surface area contributed by atoms with Crippen LogP contribution in [0.4, 0.5) is 4.39 Å². The molecule has 2 aliphatic rings. The number of carbonyl (C=O) groups excluding carboxylic acids is 2. The first kappa shape index (κ1) is 18.5. The molecule has 1 aromatic rings. The van der Waals surface area contributed by atoms with Crippen molar-refractivity contribution in [1.82, 2.24) is 9.80 Å². The second kappa shape index (κ2) is 7.97. The van der Waals surface area contributed by atoms with Gasteiger partial charge in [0.15, 0.2) is 11.5 Å². The highest BCUT2D eigenvalue weighted by Crippen LogP contribution is 2.37. The topological polar surface area (TPSA) is 70.1 Å². The van der Waals surface area contributed by atoms with Crippen LogP contribution in [-0.2, 0) is 14.3 Å². The zero-order chi connectivity index (χ0) is 18.7. The summed E-state index contributed by atoms with van der Waals surface area (Å²) in [5.41, 5.74) is 0.688. The van der Waals surface area contributed by atoms with Crippen molar-refractivity contribution < 1.29 is 23.8 Å². The van der Waals surface area contributed by atoms with E-state index in [0.29, 0.717) is 31.7 Å². The quantitative estimate of drug-likeness (QED) is 0.836. The van der Waals surface area contributed by atoms with Crippen molar-refractivity contribution in [2.75, 3.05) is 39.4 Å². The van der Waals surface area contributed by atoms with Crippen LogP contribution in [0.15, 0.2) is 35.6 Å². The fraction of sp³-hybridized carbons (Fsp3) is 0.474. The third-order valence-electron chi connectivity index (χ3n) is 4.85. The second-order valence-electron chi connectivity index (χ2n) is 6.58. The molecular formula is C19H23FN2O4. The van der Waals surface area contributed by atoms with E-state index in [2.05, 4.69) is 4.90 Å². The SMILES string of the molecule is CC(=O)C1=C(O)C(=O)N(CCCN2CCOCC2)C1c1ccc(F)cc1. The molecule has 1 unspecified atom stereocenters. The van der Waals surface area contributed by atoms with Crippen LogP contribution >= 0.6 is 0 Å². The fourth-order valence-corrected chi connectivity index (χ4v) is 3.52. The molecule has 0 bridgehead atoms. The summed E-state index contributed by atoms with van der Waals surface area (Å²) < 4.78 is 18.6. The number of Topliss-reactive ketones (excluding diaryl/α,β-unsaturated/α-hetero) is 1. The standard InChI is InChI=1S/C19H23FN2O4/c1-13(23)16-17(14-3-5-15(20)6-4-14)22(19(25)18(16)24)8-2-7-21-9-11-26-12-10-21/h3-6,17,24H,2,7-12H2,1H3. The summed E-state index contributed by atoms with van der Waals surface area (Å²) in [6.45, 7) is 5.66. The van der Waals surface area contributed by atoms with E-state index < -0.39 is 23.5 Å². The molecule has 140 valence electrons. The van der Waals surface area contributed by atoms with Gasteiger partial charge in [-0.3, -0.25) is 14.5 Å². The van der Waals surface area contributed by atoms with E-state index >= 15 is 0 Å². The highest BCUT2D eigenvalue weighted by atomic mass is 19.1. The molecule has 1 saturated heterocycles. The Morgan fingerprint density at radius 3 is 2.50 bits per heavy atom. The van der Waals surface area contributed by atoms with Gasteiger partial charge < -0.3 is 14.7 Å². The molecule has 2 aliphatic heterocycles. The zero-order valence-corrected chi connectivity index (χ0v) is 14.8. The average molecular weight is 362 g/mol. The summed E-state index contributed by atoms with van der Waals surface area (Å²) in [6.07, 6.45) is 0.710. The van der Waals surface area contributed by atoms with Gasteiger partial charge in [-0.2, -0.15) is 0 Å². The molecule has 2 heterocycles. The maximum atomic E-state index is 13.3. The lowest BCUT2D eigenvalue weighted by Crippen LogP contribution is -2.39. The van der Waals surface area contributed by atoms with Gasteiger partial charge in [-0.1, -0.05) is 12.1 Å². The van der Waals surface area contributed by atoms with Crippen molar-refractivity contribution >= 4 is 11.7 Å². The van der Waals surface area contributed by atoms with E-state index in [9.17, 15) is 19.1 Å². The van der Waals surface area contributed by atoms with Gasteiger partial charge in [0.1, 0.15) is 5.82 Å². The number of rotatable bonds is 6. The van der Waals surface area contributed by atoms with Crippen LogP contribution in [0.2, 0.25) is 0 Å². The number of nitrogens with zero attached hydrogens (tertiary/aromatic N) is 2. The number of aliphatic hydroxyl groups is 1. The van der Waals surface area contributed by atoms with E-state index in [1.807, 2.05) is 0 Å². The number of morpholine rings is 1. The molecule has 0 aliphatic carbocycles. The number of ether oxygens (including phenoxy) is 1. The zero-order valence-electron chi connectivity index (χ0n) is 14.8. The van der Waals surface area contributed by atoms with Crippen molar-refractivity contribution in [3.05, 3.63) is 47.0 Å². The van der Waals surface area contributed by atoms with Gasteiger partial charge >= 0.3 is 0 Å². The molecule has 1 N–H and O–H groups in total. The summed E-state index contributed by atoms with van der Waals surface area (Å²) in [7, 11) is 0. The summed E-state index contributed by atoms with van der Waals surface area (Å²) >= 11 is 0. The Hall–Kier alpha value is -2.25. The predicted molar refractivity (Wildman–Crippen MR) is 93.1 cm³/mol. The second-order valence-corrected chi connectivity index (χ2v) is 6.58. The van der Waals surface area contributed by atoms with Crippen molar-refractivity contribution in [2.45, 2.75) is 19.4 Å². The lowest BCUT2D eigenvalue weighted by atomic mass is 9.96. The van der Waals surface area contributed by atoms with Gasteiger partial charge in [0.05, 0.1) is 24.8 Å². The number of hydrogen-bond donors (Lipinski definition) is 1. The van der Waals surface area contributed by atoms with Crippen LogP contribution in [0.25, 0.3) is 0 Å². The van der Waals surface area contributed by atoms with E-state index in [1.165, 1.54) is 24.0 Å². The van der Waals surface area contributed by atoms with Gasteiger partial charge in [-0.25, -0.2) is 4.39 Å². The molecule has 0 aromatic heterocycles. The monoisotopic (exact) mass is 362 g/mol. The van der Waals surface area contributed by atoms with Crippen molar-refractivity contribution in [3.63, 3.8) is 0 Å². The first-order valence-corrected chi connectivity index (χ1v) is 8.79. The first-order chi connectivity index (χ1) is 12.5. The smallest absolute Gasteiger partial charge is 0.290 e. The molecule has 1 amide bonds. The normalized spacial score (nSPS) is 21.5. The minimum atomic E-state index is -0.676. The molecular weight excluding hydrogens is 339 g/mol. The summed E-state index contributed by atoms with van der Waals surface area (Å²) in [6, 6.07) is 5.00. The molecule has 1 aromatic carbocycles. The van der Waals surface area contributed by atoms with Gasteiger partial charge in [-0.05, 0) is 31.0 Å². The minimum Gasteiger partial charge on any atom is -0.503 e. The number of aliphatic hydroxyl groups excluding tert-OH is 1. The summed E-state index contributed by atoms with van der Waals surface area (Å²) in [4.78, 5) is 28.3. The van der Waals surface area contributed by atoms with Gasteiger partial charge in [0, 0.05) is 26.2 Å². The van der Waals surface area contributed by atoms with Gasteiger partial charge in [0.2, 0.25) is 0 Å². The Labute approximate surface area is 151 Å². The first-order valence-electron chi connectivity index (χ1n) is 8.79. The van der Waals surface area contributed by atoms with Crippen LogP contribution in [0.1, 0.15) is 24.9 Å². The molecule has 3 rings (SSSR count). The van der Waals surface area contributed by atoms with E-state index in [0.717, 1.165) is 19.6 Å². The van der Waals surface area contributed by atoms with Crippen molar-refractivity contribution in [2.24, 2.45) is 0 Å². The maximum Gasteiger partial charge on any atom is 0.290 e. The van der Waals surface area contributed by atoms with Crippen LogP contribution in [0, 0.1) is 5.82 Å². The summed E-state index contributed by atoms with van der Waals surface area (Å²) in [5.74, 6) is -1.81. The molecule has 26 heavy (non-hydrogen) atoms. The lowest BCUT2D eigenvalue weighted by Gasteiger charge is -2.29. The number of amides is 1. The number of hydrogen-bond acceptors (Lipinski definition) is 5. The predicted octanol–water partition coefficient (Wildman–Crippen LogP) is 1.83. The van der Waals surface area contributed by atoms with Gasteiger partial charge in [-0.15, -0.1) is 0 Å². The maximum absolute atomic E-state index is 13.3. The fourth-order valence-electron chi connectivity index (χ4n) is 3.52. The Balaban J connectivity index is 1.76. The Morgan fingerprint density at radius 1 is 1.23 bits per heavy atom. The highest BCUT2D eigenvalue weighted by molar-refractivity contribution is 6.08. The lowest BCUT2D eigenvalue weighted by molar-refractivity contribution is -0.129. The largest absolute Gasteiger partial charge is 0.503 e. The van der Waals surface area contributed by atoms with E-state index in [1.54, 1.807) is 12.1 Å². The molecule has 7 heteroatoms. The molecule has 0 saturated carbocycles. The minimum absolute atomic E-state index is 0.0768. The van der Waals surface area contributed by atoms with Crippen LogP contribution in [-0.4, -0.2) is 66.0 Å². The molecule has 6 nitrogen and oxygen atoms in total. The van der Waals surface area contributed by atoms with Crippen LogP contribution < -0.4 is 0 Å². The molecule has 0 spiro atoms. The number of ketones is 1. The Kier molecular flexibility index (Phi) is 5.68. The molecule has 1 fully saturated rings. The molecule has 1 atom stereocenters. The summed E-state index contributed by atoms with van der Waals surface area (Å²) in [5, 5.41) is 10.2. The third-order valence-corrected chi connectivity index (χ3v) is 4.85.